The number of carbonyl (C=O) groups excluding carboxylic acids is 2. The average molecular weight is 437 g/mol. The topological polar surface area (TPSA) is 98.9 Å². The van der Waals surface area contributed by atoms with E-state index >= 15 is 0 Å². The van der Waals surface area contributed by atoms with Gasteiger partial charge in [0.1, 0.15) is 5.75 Å². The highest BCUT2D eigenvalue weighted by Gasteiger charge is 2.27. The summed E-state index contributed by atoms with van der Waals surface area (Å²) in [7, 11) is 0. The highest BCUT2D eigenvalue weighted by molar-refractivity contribution is 5.77. The molecule has 3 amide bonds. The highest BCUT2D eigenvalue weighted by Crippen LogP contribution is 2.30. The van der Waals surface area contributed by atoms with Crippen LogP contribution in [-0.2, 0) is 17.9 Å². The van der Waals surface area contributed by atoms with Gasteiger partial charge in [0.25, 0.3) is 0 Å². The van der Waals surface area contributed by atoms with E-state index in [0.29, 0.717) is 25.6 Å². The van der Waals surface area contributed by atoms with E-state index in [4.69, 9.17) is 5.73 Å². The van der Waals surface area contributed by atoms with E-state index < -0.39 is 0 Å². The molecule has 4 rings (SSSR count). The van der Waals surface area contributed by atoms with E-state index in [1.165, 1.54) is 12.8 Å². The van der Waals surface area contributed by atoms with Gasteiger partial charge < -0.3 is 26.0 Å². The molecule has 0 spiro atoms. The number of piperidine rings is 1. The minimum atomic E-state index is -0.225. The lowest BCUT2D eigenvalue weighted by Crippen LogP contribution is -2.41. The molecule has 2 aromatic rings. The zero-order chi connectivity index (χ0) is 22.5. The van der Waals surface area contributed by atoms with Gasteiger partial charge in [0.2, 0.25) is 5.91 Å². The number of aromatic hydroxyl groups is 1. The van der Waals surface area contributed by atoms with Crippen molar-refractivity contribution in [1.29, 1.82) is 0 Å². The van der Waals surface area contributed by atoms with Gasteiger partial charge in [-0.3, -0.25) is 4.79 Å². The number of rotatable bonds is 8. The van der Waals surface area contributed by atoms with Crippen LogP contribution >= 0.6 is 0 Å². The second kappa shape index (κ2) is 9.94. The quantitative estimate of drug-likeness (QED) is 0.592. The molecule has 32 heavy (non-hydrogen) atoms. The minimum Gasteiger partial charge on any atom is -0.508 e. The summed E-state index contributed by atoms with van der Waals surface area (Å²) >= 11 is 0. The number of benzene rings is 2. The molecule has 4 N–H and O–H groups in total. The van der Waals surface area contributed by atoms with Gasteiger partial charge in [-0.05, 0) is 67.0 Å². The van der Waals surface area contributed by atoms with Crippen LogP contribution in [0.5, 0.6) is 5.75 Å². The first-order valence-electron chi connectivity index (χ1n) is 11.4. The van der Waals surface area contributed by atoms with E-state index in [2.05, 4.69) is 10.2 Å². The number of primary amides is 1. The van der Waals surface area contributed by atoms with Gasteiger partial charge in [-0.2, -0.15) is 0 Å². The summed E-state index contributed by atoms with van der Waals surface area (Å²) in [6.45, 7) is 3.32. The Morgan fingerprint density at radius 1 is 1.03 bits per heavy atom. The smallest absolute Gasteiger partial charge is 0.317 e. The van der Waals surface area contributed by atoms with Gasteiger partial charge in [0.15, 0.2) is 0 Å². The Hall–Kier alpha value is -3.22. The van der Waals surface area contributed by atoms with Crippen molar-refractivity contribution >= 4 is 17.6 Å². The number of amides is 3. The lowest BCUT2D eigenvalue weighted by molar-refractivity contribution is -0.122. The van der Waals surface area contributed by atoms with Gasteiger partial charge in [0, 0.05) is 38.4 Å². The third-order valence-corrected chi connectivity index (χ3v) is 6.34. The predicted molar refractivity (Wildman–Crippen MR) is 124 cm³/mol. The van der Waals surface area contributed by atoms with Crippen LogP contribution in [0, 0.1) is 11.8 Å². The van der Waals surface area contributed by atoms with E-state index in [1.54, 1.807) is 12.1 Å². The van der Waals surface area contributed by atoms with E-state index in [9.17, 15) is 14.7 Å². The van der Waals surface area contributed by atoms with Crippen molar-refractivity contribution in [2.75, 3.05) is 24.5 Å². The Bertz CT molecular complexity index is 925. The molecule has 7 heteroatoms. The molecule has 1 heterocycles. The molecule has 1 saturated heterocycles. The predicted octanol–water partition coefficient (Wildman–Crippen LogP) is 3.22. The van der Waals surface area contributed by atoms with Crippen LogP contribution < -0.4 is 16.0 Å². The Kier molecular flexibility index (Phi) is 6.83. The summed E-state index contributed by atoms with van der Waals surface area (Å²) in [5.41, 5.74) is 8.60. The summed E-state index contributed by atoms with van der Waals surface area (Å²) in [6, 6.07) is 15.1. The fourth-order valence-electron chi connectivity index (χ4n) is 4.21. The van der Waals surface area contributed by atoms with Gasteiger partial charge in [-0.25, -0.2) is 4.79 Å². The third kappa shape index (κ3) is 5.93. The molecule has 2 fully saturated rings. The van der Waals surface area contributed by atoms with E-state index in [1.807, 2.05) is 41.3 Å². The zero-order valence-corrected chi connectivity index (χ0v) is 18.4. The van der Waals surface area contributed by atoms with Gasteiger partial charge in [0.05, 0.1) is 5.92 Å². The number of phenolic OH excluding ortho intramolecular Hbond substituents is 1. The maximum atomic E-state index is 12.9. The van der Waals surface area contributed by atoms with Crippen LogP contribution in [0.3, 0.4) is 0 Å². The summed E-state index contributed by atoms with van der Waals surface area (Å²) in [5.74, 6) is 0.502. The monoisotopic (exact) mass is 436 g/mol. The van der Waals surface area contributed by atoms with Crippen molar-refractivity contribution < 1.29 is 14.7 Å². The molecule has 170 valence electrons. The molecule has 0 aromatic heterocycles. The van der Waals surface area contributed by atoms with Crippen molar-refractivity contribution in [3.8, 4) is 5.75 Å². The van der Waals surface area contributed by atoms with Crippen LogP contribution in [0.2, 0.25) is 0 Å². The van der Waals surface area contributed by atoms with Crippen LogP contribution in [0.25, 0.3) is 0 Å². The van der Waals surface area contributed by atoms with Crippen molar-refractivity contribution in [2.24, 2.45) is 17.6 Å². The van der Waals surface area contributed by atoms with Crippen molar-refractivity contribution in [2.45, 2.75) is 38.8 Å². The molecule has 1 atom stereocenters. The average Bonchev–Trinajstić information content (AvgIpc) is 3.63. The molecule has 2 aromatic carbocycles. The number of nitrogens with two attached hydrogens (primary N) is 1. The lowest BCUT2D eigenvalue weighted by atomic mass is 9.97. The molecule has 2 aliphatic rings. The first-order valence-corrected chi connectivity index (χ1v) is 11.4. The van der Waals surface area contributed by atoms with Gasteiger partial charge >= 0.3 is 6.03 Å². The number of carbonyl (C=O) groups is 2. The Morgan fingerprint density at radius 2 is 1.72 bits per heavy atom. The molecule has 7 nitrogen and oxygen atoms in total. The van der Waals surface area contributed by atoms with Crippen molar-refractivity contribution in [3.05, 3.63) is 59.7 Å². The molecular formula is C25H32N4O3. The van der Waals surface area contributed by atoms with Crippen LogP contribution in [0.1, 0.15) is 36.8 Å². The van der Waals surface area contributed by atoms with Crippen LogP contribution in [-0.4, -0.2) is 41.6 Å². The largest absolute Gasteiger partial charge is 0.508 e. The number of nitrogens with zero attached hydrogens (tertiary/aromatic N) is 2. The lowest BCUT2D eigenvalue weighted by Gasteiger charge is -2.33. The fraction of sp³-hybridized carbons (Fsp3) is 0.440. The second-order valence-corrected chi connectivity index (χ2v) is 9.00. The van der Waals surface area contributed by atoms with Gasteiger partial charge in [-0.15, -0.1) is 0 Å². The number of anilines is 1. The number of nitrogens with one attached hydrogen (secondary N) is 1. The molecule has 1 aliphatic heterocycles. The number of hydrogen-bond acceptors (Lipinski definition) is 4. The Morgan fingerprint density at radius 3 is 2.38 bits per heavy atom. The Balaban J connectivity index is 1.32. The summed E-state index contributed by atoms with van der Waals surface area (Å²) in [4.78, 5) is 28.5. The van der Waals surface area contributed by atoms with Crippen LogP contribution in [0.4, 0.5) is 10.5 Å². The fourth-order valence-corrected chi connectivity index (χ4v) is 4.21. The number of urea groups is 1. The van der Waals surface area contributed by atoms with Crippen molar-refractivity contribution in [1.82, 2.24) is 10.2 Å². The SMILES string of the molecule is NC(=O)C1CCCN(c2ccc(CNC(=O)N(Cc3ccc(O)cc3)CC3CC3)cc2)C1. The third-order valence-electron chi connectivity index (χ3n) is 6.34. The maximum absolute atomic E-state index is 12.9. The molecule has 1 saturated carbocycles. The van der Waals surface area contributed by atoms with Crippen LogP contribution in [0.15, 0.2) is 48.5 Å². The Labute approximate surface area is 189 Å². The van der Waals surface area contributed by atoms with Crippen molar-refractivity contribution in [3.63, 3.8) is 0 Å². The first-order chi connectivity index (χ1) is 15.5. The normalized spacial score (nSPS) is 18.2. The molecule has 0 bridgehead atoms. The first kappa shape index (κ1) is 22.0. The number of hydrogen-bond donors (Lipinski definition) is 3. The zero-order valence-electron chi connectivity index (χ0n) is 18.4. The van der Waals surface area contributed by atoms with E-state index in [-0.39, 0.29) is 23.6 Å². The van der Waals surface area contributed by atoms with Gasteiger partial charge in [-0.1, -0.05) is 24.3 Å². The molecular weight excluding hydrogens is 404 g/mol. The standard InChI is InChI=1S/C25H32N4O3/c26-24(31)21-2-1-13-28(17-21)22-9-5-18(6-10-22)14-27-25(32)29(15-19-3-4-19)16-20-7-11-23(30)12-8-20/h5-12,19,21,30H,1-4,13-17H2,(H2,26,31)(H,27,32). The summed E-state index contributed by atoms with van der Waals surface area (Å²) < 4.78 is 0. The molecule has 0 radical (unpaired) electrons. The second-order valence-electron chi connectivity index (χ2n) is 9.00. The molecule has 1 aliphatic carbocycles. The number of phenols is 1. The minimum absolute atomic E-state index is 0.0746. The highest BCUT2D eigenvalue weighted by atomic mass is 16.3. The maximum Gasteiger partial charge on any atom is 0.317 e. The molecule has 1 unspecified atom stereocenters. The summed E-state index contributed by atoms with van der Waals surface area (Å²) in [5, 5.41) is 12.5. The summed E-state index contributed by atoms with van der Waals surface area (Å²) in [6.07, 6.45) is 4.17. The van der Waals surface area contributed by atoms with E-state index in [0.717, 1.165) is 42.7 Å².